The molecule has 3 heterocycles. The van der Waals surface area contributed by atoms with Crippen molar-refractivity contribution in [3.63, 3.8) is 0 Å². The van der Waals surface area contributed by atoms with Crippen molar-refractivity contribution >= 4 is 44.9 Å². The van der Waals surface area contributed by atoms with Crippen molar-refractivity contribution in [1.82, 2.24) is 9.97 Å². The first-order valence-electron chi connectivity index (χ1n) is 10.8. The Morgan fingerprint density at radius 2 is 1.83 bits per heavy atom. The van der Waals surface area contributed by atoms with Gasteiger partial charge < -0.3 is 0 Å². The Labute approximate surface area is 178 Å². The summed E-state index contributed by atoms with van der Waals surface area (Å²) in [6, 6.07) is 13.4. The highest BCUT2D eigenvalue weighted by Crippen LogP contribution is 2.35. The summed E-state index contributed by atoms with van der Waals surface area (Å²) in [7, 11) is -1.41. The van der Waals surface area contributed by atoms with E-state index < -0.39 is 8.07 Å². The smallest absolute Gasteiger partial charge is 0.124 e. The Hall–Kier alpha value is -2.04. The van der Waals surface area contributed by atoms with Crippen molar-refractivity contribution in [3.05, 3.63) is 54.4 Å². The van der Waals surface area contributed by atoms with Gasteiger partial charge in [-0.3, -0.25) is 4.98 Å². The van der Waals surface area contributed by atoms with Crippen LogP contribution >= 0.6 is 11.3 Å². The summed E-state index contributed by atoms with van der Waals surface area (Å²) in [6.45, 7) is 7.33. The van der Waals surface area contributed by atoms with E-state index in [0.717, 1.165) is 16.4 Å². The molecule has 1 aromatic carbocycles. The zero-order valence-electron chi connectivity index (χ0n) is 17.5. The fourth-order valence-electron chi connectivity index (χ4n) is 4.79. The highest BCUT2D eigenvalue weighted by molar-refractivity contribution is 7.25. The normalized spacial score (nSPS) is 15.6. The maximum atomic E-state index is 4.94. The van der Waals surface area contributed by atoms with Gasteiger partial charge in [0.05, 0.1) is 13.8 Å². The summed E-state index contributed by atoms with van der Waals surface area (Å²) in [4.78, 5) is 10.6. The number of pyridine rings is 2. The molecule has 4 aromatic rings. The number of nitrogens with zero attached hydrogens (tertiary/aromatic N) is 2. The summed E-state index contributed by atoms with van der Waals surface area (Å²) >= 11 is 1.77. The first-order chi connectivity index (χ1) is 14.0. The van der Waals surface area contributed by atoms with Crippen molar-refractivity contribution in [3.8, 4) is 11.3 Å². The van der Waals surface area contributed by atoms with Crippen molar-refractivity contribution in [2.24, 2.45) is 5.92 Å². The van der Waals surface area contributed by atoms with Crippen LogP contribution in [0.25, 0.3) is 31.6 Å². The topological polar surface area (TPSA) is 25.8 Å². The number of benzene rings is 1. The highest BCUT2D eigenvalue weighted by Gasteiger charge is 2.24. The van der Waals surface area contributed by atoms with Gasteiger partial charge in [-0.2, -0.15) is 0 Å². The van der Waals surface area contributed by atoms with E-state index in [2.05, 4.69) is 61.2 Å². The van der Waals surface area contributed by atoms with Crippen molar-refractivity contribution in [2.45, 2.75) is 51.7 Å². The Bertz CT molecular complexity index is 1180. The second kappa shape index (κ2) is 7.33. The van der Waals surface area contributed by atoms with E-state index in [9.17, 15) is 0 Å². The second-order valence-corrected chi connectivity index (χ2v) is 15.6. The fourth-order valence-corrected chi connectivity index (χ4v) is 7.41. The lowest BCUT2D eigenvalue weighted by Gasteiger charge is -2.23. The molecule has 2 nitrogen and oxygen atoms in total. The molecule has 0 saturated heterocycles. The monoisotopic (exact) mass is 416 g/mol. The van der Waals surface area contributed by atoms with Crippen LogP contribution < -0.4 is 5.19 Å². The zero-order chi connectivity index (χ0) is 20.0. The number of aromatic nitrogens is 2. The number of rotatable bonds is 4. The Balaban J connectivity index is 1.60. The first kappa shape index (κ1) is 19.0. The zero-order valence-corrected chi connectivity index (χ0v) is 19.4. The molecule has 1 aliphatic rings. The van der Waals surface area contributed by atoms with Crippen LogP contribution in [0.5, 0.6) is 0 Å². The van der Waals surface area contributed by atoms with Crippen LogP contribution in [-0.4, -0.2) is 18.0 Å². The van der Waals surface area contributed by atoms with Crippen LogP contribution in [0, 0.1) is 5.92 Å². The molecule has 0 bridgehead atoms. The summed E-state index contributed by atoms with van der Waals surface area (Å²) in [6.07, 6.45) is 10.9. The standard InChI is InChI=1S/C25H28N2SSi/c1-29(2,3)24-16-27-22(15-19(24)13-17-7-4-5-8-17)18-10-11-23-21(14-18)20-9-6-12-26-25(20)28-23/h6,9-12,14-17H,4-5,7-8,13H2,1-3H3. The van der Waals surface area contributed by atoms with E-state index in [-0.39, 0.29) is 0 Å². The molecule has 0 atom stereocenters. The number of fused-ring (bicyclic) bond motifs is 3. The van der Waals surface area contributed by atoms with Gasteiger partial charge in [0.1, 0.15) is 4.83 Å². The number of thiophene rings is 1. The van der Waals surface area contributed by atoms with Gasteiger partial charge in [0.15, 0.2) is 0 Å². The first-order valence-corrected chi connectivity index (χ1v) is 15.1. The fraction of sp³-hybridized carbons (Fsp3) is 0.360. The van der Waals surface area contributed by atoms with Crippen LogP contribution in [0.1, 0.15) is 31.2 Å². The van der Waals surface area contributed by atoms with Gasteiger partial charge in [0, 0.05) is 33.4 Å². The minimum absolute atomic E-state index is 0.856. The van der Waals surface area contributed by atoms with Gasteiger partial charge in [0.2, 0.25) is 0 Å². The van der Waals surface area contributed by atoms with E-state index in [1.165, 1.54) is 53.1 Å². The average Bonchev–Trinajstić information content (AvgIpc) is 3.34. The minimum atomic E-state index is -1.41. The van der Waals surface area contributed by atoms with Gasteiger partial charge in [-0.05, 0) is 53.4 Å². The van der Waals surface area contributed by atoms with Gasteiger partial charge in [-0.25, -0.2) is 4.98 Å². The van der Waals surface area contributed by atoms with Crippen molar-refractivity contribution in [1.29, 1.82) is 0 Å². The second-order valence-electron chi connectivity index (χ2n) is 9.50. The maximum absolute atomic E-state index is 4.94. The predicted molar refractivity (Wildman–Crippen MR) is 129 cm³/mol. The quantitative estimate of drug-likeness (QED) is 0.342. The molecule has 0 amide bonds. The molecule has 0 N–H and O–H groups in total. The van der Waals surface area contributed by atoms with Gasteiger partial charge in [-0.1, -0.05) is 51.4 Å². The van der Waals surface area contributed by atoms with Gasteiger partial charge in [0.25, 0.3) is 0 Å². The lowest BCUT2D eigenvalue weighted by atomic mass is 9.97. The molecule has 29 heavy (non-hydrogen) atoms. The molecule has 1 fully saturated rings. The number of hydrogen-bond acceptors (Lipinski definition) is 3. The van der Waals surface area contributed by atoms with Crippen LogP contribution in [0.15, 0.2) is 48.8 Å². The molecule has 148 valence electrons. The van der Waals surface area contributed by atoms with E-state index in [1.807, 2.05) is 12.3 Å². The molecular weight excluding hydrogens is 388 g/mol. The molecule has 0 radical (unpaired) electrons. The van der Waals surface area contributed by atoms with E-state index in [0.29, 0.717) is 0 Å². The largest absolute Gasteiger partial charge is 0.256 e. The molecule has 3 aromatic heterocycles. The van der Waals surface area contributed by atoms with Crippen LogP contribution in [0.4, 0.5) is 0 Å². The molecule has 4 heteroatoms. The van der Waals surface area contributed by atoms with Gasteiger partial charge >= 0.3 is 0 Å². The van der Waals surface area contributed by atoms with E-state index in [1.54, 1.807) is 22.1 Å². The van der Waals surface area contributed by atoms with Crippen LogP contribution in [-0.2, 0) is 6.42 Å². The Morgan fingerprint density at radius 3 is 2.62 bits per heavy atom. The van der Waals surface area contributed by atoms with Crippen molar-refractivity contribution < 1.29 is 0 Å². The lowest BCUT2D eigenvalue weighted by Crippen LogP contribution is -2.41. The maximum Gasteiger partial charge on any atom is 0.124 e. The average molecular weight is 417 g/mol. The summed E-state index contributed by atoms with van der Waals surface area (Å²) < 4.78 is 1.30. The SMILES string of the molecule is C[Si](C)(C)c1cnc(-c2ccc3sc4ncccc4c3c2)cc1CC1CCCC1. The molecular formula is C25H28N2SSi. The Kier molecular flexibility index (Phi) is 4.79. The molecule has 5 rings (SSSR count). The van der Waals surface area contributed by atoms with E-state index in [4.69, 9.17) is 4.98 Å². The lowest BCUT2D eigenvalue weighted by molar-refractivity contribution is 0.547. The summed E-state index contributed by atoms with van der Waals surface area (Å²) in [5.41, 5.74) is 3.89. The third kappa shape index (κ3) is 3.64. The molecule has 0 unspecified atom stereocenters. The van der Waals surface area contributed by atoms with Crippen LogP contribution in [0.3, 0.4) is 0 Å². The third-order valence-electron chi connectivity index (χ3n) is 6.32. The van der Waals surface area contributed by atoms with E-state index >= 15 is 0 Å². The predicted octanol–water partition coefficient (Wildman–Crippen LogP) is 6.79. The highest BCUT2D eigenvalue weighted by atomic mass is 32.1. The summed E-state index contributed by atoms with van der Waals surface area (Å²) in [5.74, 6) is 0.856. The van der Waals surface area contributed by atoms with Crippen molar-refractivity contribution in [2.75, 3.05) is 0 Å². The minimum Gasteiger partial charge on any atom is -0.256 e. The third-order valence-corrected chi connectivity index (χ3v) is 9.49. The molecule has 0 aliphatic heterocycles. The number of hydrogen-bond donors (Lipinski definition) is 0. The van der Waals surface area contributed by atoms with Gasteiger partial charge in [-0.15, -0.1) is 11.3 Å². The molecule has 1 aliphatic carbocycles. The molecule has 1 saturated carbocycles. The molecule has 0 spiro atoms. The summed E-state index contributed by atoms with van der Waals surface area (Å²) in [5, 5.41) is 4.09. The van der Waals surface area contributed by atoms with Crippen LogP contribution in [0.2, 0.25) is 19.6 Å². The Morgan fingerprint density at radius 1 is 1.00 bits per heavy atom.